The SMILES string of the molecule is CCc1ccccc1N=C1SC(=Cc2cc(Cl)cc(OC)c2O)C(=O)N1c1ccccc1CC. The molecule has 0 radical (unpaired) electrons. The highest BCUT2D eigenvalue weighted by Crippen LogP contribution is 2.41. The van der Waals surface area contributed by atoms with Crippen LogP contribution in [0, 0.1) is 0 Å². The van der Waals surface area contributed by atoms with Crippen LogP contribution < -0.4 is 9.64 Å². The predicted octanol–water partition coefficient (Wildman–Crippen LogP) is 6.99. The standard InChI is InChI=1S/C27H25ClN2O3S/c1-4-17-10-6-8-12-21(17)29-27-30(22-13-9-7-11-18(22)5-2)26(32)24(34-27)15-19-14-20(28)16-23(33-3)25(19)31/h6-16,31H,4-5H2,1-3H3. The van der Waals surface area contributed by atoms with E-state index in [2.05, 4.69) is 13.8 Å². The van der Waals surface area contributed by atoms with Gasteiger partial charge in [0.15, 0.2) is 16.7 Å². The fourth-order valence-electron chi connectivity index (χ4n) is 3.81. The summed E-state index contributed by atoms with van der Waals surface area (Å²) in [7, 11) is 1.46. The number of carbonyl (C=O) groups is 1. The Morgan fingerprint density at radius 1 is 1.06 bits per heavy atom. The lowest BCUT2D eigenvalue weighted by molar-refractivity contribution is -0.113. The van der Waals surface area contributed by atoms with Gasteiger partial charge < -0.3 is 9.84 Å². The number of aliphatic imine (C=N–C) groups is 1. The molecule has 0 saturated carbocycles. The molecule has 0 bridgehead atoms. The predicted molar refractivity (Wildman–Crippen MR) is 141 cm³/mol. The molecule has 5 nitrogen and oxygen atoms in total. The molecule has 1 fully saturated rings. The van der Waals surface area contributed by atoms with Crippen molar-refractivity contribution in [3.8, 4) is 11.5 Å². The Morgan fingerprint density at radius 2 is 1.74 bits per heavy atom. The molecule has 0 spiro atoms. The topological polar surface area (TPSA) is 62.1 Å². The van der Waals surface area contributed by atoms with Gasteiger partial charge in [-0.1, -0.05) is 61.8 Å². The zero-order chi connectivity index (χ0) is 24.2. The highest BCUT2D eigenvalue weighted by Gasteiger charge is 2.36. The number of rotatable bonds is 6. The van der Waals surface area contributed by atoms with E-state index in [0.717, 1.165) is 35.3 Å². The van der Waals surface area contributed by atoms with Gasteiger partial charge in [0.2, 0.25) is 0 Å². The smallest absolute Gasteiger partial charge is 0.271 e. The Hall–Kier alpha value is -3.22. The molecule has 1 N–H and O–H groups in total. The molecule has 1 heterocycles. The summed E-state index contributed by atoms with van der Waals surface area (Å²) in [6, 6.07) is 18.9. The third-order valence-electron chi connectivity index (χ3n) is 5.58. The van der Waals surface area contributed by atoms with Crippen LogP contribution in [0.4, 0.5) is 11.4 Å². The van der Waals surface area contributed by atoms with E-state index >= 15 is 0 Å². The number of thioether (sulfide) groups is 1. The molecular weight excluding hydrogens is 468 g/mol. The monoisotopic (exact) mass is 492 g/mol. The van der Waals surface area contributed by atoms with Crippen LogP contribution in [0.5, 0.6) is 11.5 Å². The number of amides is 1. The number of benzene rings is 3. The molecule has 0 aromatic heterocycles. The number of anilines is 1. The van der Waals surface area contributed by atoms with Gasteiger partial charge in [-0.05, 0) is 60.0 Å². The van der Waals surface area contributed by atoms with Gasteiger partial charge in [0, 0.05) is 16.7 Å². The molecule has 3 aromatic carbocycles. The molecule has 0 unspecified atom stereocenters. The molecule has 1 aliphatic rings. The number of halogens is 1. The highest BCUT2D eigenvalue weighted by molar-refractivity contribution is 8.19. The van der Waals surface area contributed by atoms with Crippen molar-refractivity contribution >= 4 is 51.9 Å². The lowest BCUT2D eigenvalue weighted by atomic mass is 10.1. The number of aromatic hydroxyl groups is 1. The molecule has 34 heavy (non-hydrogen) atoms. The number of phenols is 1. The largest absolute Gasteiger partial charge is 0.504 e. The van der Waals surface area contributed by atoms with Gasteiger partial charge in [-0.15, -0.1) is 0 Å². The van der Waals surface area contributed by atoms with Crippen LogP contribution in [-0.2, 0) is 17.6 Å². The fourth-order valence-corrected chi connectivity index (χ4v) is 5.01. The van der Waals surface area contributed by atoms with E-state index in [9.17, 15) is 9.90 Å². The van der Waals surface area contributed by atoms with E-state index in [-0.39, 0.29) is 17.4 Å². The number of methoxy groups -OCH3 is 1. The van der Waals surface area contributed by atoms with Crippen molar-refractivity contribution in [3.63, 3.8) is 0 Å². The normalized spacial score (nSPS) is 16.0. The minimum Gasteiger partial charge on any atom is -0.504 e. The Labute approximate surface area is 208 Å². The van der Waals surface area contributed by atoms with Crippen LogP contribution in [0.1, 0.15) is 30.5 Å². The van der Waals surface area contributed by atoms with Crippen LogP contribution in [0.15, 0.2) is 70.6 Å². The Bertz CT molecular complexity index is 1300. The number of aryl methyl sites for hydroxylation is 2. The quantitative estimate of drug-likeness (QED) is 0.377. The second-order valence-corrected chi connectivity index (χ2v) is 9.10. The fraction of sp³-hybridized carbons (Fsp3) is 0.185. The van der Waals surface area contributed by atoms with Crippen LogP contribution >= 0.6 is 23.4 Å². The van der Waals surface area contributed by atoms with E-state index in [1.807, 2.05) is 48.5 Å². The first-order valence-corrected chi connectivity index (χ1v) is 12.2. The van der Waals surface area contributed by atoms with E-state index in [1.165, 1.54) is 24.9 Å². The number of carbonyl (C=O) groups excluding carboxylic acids is 1. The van der Waals surface area contributed by atoms with Gasteiger partial charge in [-0.25, -0.2) is 4.99 Å². The van der Waals surface area contributed by atoms with Gasteiger partial charge in [-0.2, -0.15) is 0 Å². The molecular formula is C27H25ClN2O3S. The molecule has 3 aromatic rings. The first-order chi connectivity index (χ1) is 16.5. The maximum Gasteiger partial charge on any atom is 0.271 e. The minimum absolute atomic E-state index is 0.0741. The molecule has 0 atom stereocenters. The summed E-state index contributed by atoms with van der Waals surface area (Å²) in [5, 5.41) is 11.6. The van der Waals surface area contributed by atoms with Gasteiger partial charge in [0.1, 0.15) is 0 Å². The summed E-state index contributed by atoms with van der Waals surface area (Å²) < 4.78 is 5.21. The second kappa shape index (κ2) is 10.4. The average Bonchev–Trinajstić information content (AvgIpc) is 3.15. The van der Waals surface area contributed by atoms with E-state index in [1.54, 1.807) is 17.0 Å². The third kappa shape index (κ3) is 4.69. The Kier molecular flexibility index (Phi) is 7.29. The minimum atomic E-state index is -0.211. The molecule has 1 aliphatic heterocycles. The second-order valence-electron chi connectivity index (χ2n) is 7.66. The number of amidine groups is 1. The van der Waals surface area contributed by atoms with Crippen LogP contribution in [0.25, 0.3) is 6.08 Å². The Balaban J connectivity index is 1.87. The summed E-state index contributed by atoms with van der Waals surface area (Å²) in [5.41, 5.74) is 4.17. The van der Waals surface area contributed by atoms with Gasteiger partial charge >= 0.3 is 0 Å². The number of nitrogens with zero attached hydrogens (tertiary/aromatic N) is 2. The third-order valence-corrected chi connectivity index (χ3v) is 6.77. The number of phenolic OH excluding ortho intramolecular Hbond substituents is 1. The van der Waals surface area contributed by atoms with Gasteiger partial charge in [0.05, 0.1) is 23.4 Å². The summed E-state index contributed by atoms with van der Waals surface area (Å²) in [5.74, 6) is -0.0410. The van der Waals surface area contributed by atoms with Gasteiger partial charge in [-0.3, -0.25) is 9.69 Å². The first-order valence-electron chi connectivity index (χ1n) is 11.0. The lowest BCUT2D eigenvalue weighted by Gasteiger charge is -2.19. The van der Waals surface area contributed by atoms with E-state index in [0.29, 0.717) is 20.7 Å². The molecule has 1 saturated heterocycles. The van der Waals surface area contributed by atoms with Crippen molar-refractivity contribution in [1.82, 2.24) is 0 Å². The number of para-hydroxylation sites is 2. The zero-order valence-corrected chi connectivity index (χ0v) is 20.8. The Morgan fingerprint density at radius 3 is 2.44 bits per heavy atom. The average molecular weight is 493 g/mol. The van der Waals surface area contributed by atoms with E-state index in [4.69, 9.17) is 21.3 Å². The van der Waals surface area contributed by atoms with Crippen LogP contribution in [-0.4, -0.2) is 23.3 Å². The summed E-state index contributed by atoms with van der Waals surface area (Å²) in [6.45, 7) is 4.14. The molecule has 7 heteroatoms. The van der Waals surface area contributed by atoms with Crippen LogP contribution in [0.3, 0.4) is 0 Å². The molecule has 4 rings (SSSR count). The number of ether oxygens (including phenoxy) is 1. The number of hydrogen-bond acceptors (Lipinski definition) is 5. The maximum absolute atomic E-state index is 13.7. The van der Waals surface area contributed by atoms with E-state index < -0.39 is 0 Å². The van der Waals surface area contributed by atoms with Crippen molar-refractivity contribution in [1.29, 1.82) is 0 Å². The van der Waals surface area contributed by atoms with Crippen molar-refractivity contribution in [2.24, 2.45) is 4.99 Å². The maximum atomic E-state index is 13.7. The summed E-state index contributed by atoms with van der Waals surface area (Å²) in [6.07, 6.45) is 3.23. The zero-order valence-electron chi connectivity index (χ0n) is 19.2. The van der Waals surface area contributed by atoms with Crippen molar-refractivity contribution in [2.75, 3.05) is 12.0 Å². The van der Waals surface area contributed by atoms with Gasteiger partial charge in [0.25, 0.3) is 5.91 Å². The van der Waals surface area contributed by atoms with Crippen molar-refractivity contribution < 1.29 is 14.6 Å². The highest BCUT2D eigenvalue weighted by atomic mass is 35.5. The lowest BCUT2D eigenvalue weighted by Crippen LogP contribution is -2.29. The first kappa shape index (κ1) is 23.9. The summed E-state index contributed by atoms with van der Waals surface area (Å²) >= 11 is 7.48. The van der Waals surface area contributed by atoms with Crippen LogP contribution in [0.2, 0.25) is 5.02 Å². The van der Waals surface area contributed by atoms with Crippen molar-refractivity contribution in [3.05, 3.63) is 87.3 Å². The molecule has 0 aliphatic carbocycles. The molecule has 1 amide bonds. The summed E-state index contributed by atoms with van der Waals surface area (Å²) in [4.78, 5) is 20.7. The molecule has 174 valence electrons. The van der Waals surface area contributed by atoms with Crippen molar-refractivity contribution in [2.45, 2.75) is 26.7 Å². The number of hydrogen-bond donors (Lipinski definition) is 1.